The van der Waals surface area contributed by atoms with Gasteiger partial charge in [0.1, 0.15) is 4.88 Å². The summed E-state index contributed by atoms with van der Waals surface area (Å²) in [6, 6.07) is 10.1. The predicted octanol–water partition coefficient (Wildman–Crippen LogP) is 4.06. The van der Waals surface area contributed by atoms with Gasteiger partial charge in [-0.3, -0.25) is 0 Å². The summed E-state index contributed by atoms with van der Waals surface area (Å²) in [5.41, 5.74) is 2.01. The van der Waals surface area contributed by atoms with Crippen molar-refractivity contribution in [3.63, 3.8) is 0 Å². The molecule has 0 radical (unpaired) electrons. The van der Waals surface area contributed by atoms with E-state index in [-0.39, 0.29) is 6.04 Å². The van der Waals surface area contributed by atoms with Gasteiger partial charge in [-0.2, -0.15) is 0 Å². The highest BCUT2D eigenvalue weighted by atomic mass is 79.9. The topological polar surface area (TPSA) is 49.3 Å². The Morgan fingerprint density at radius 1 is 1.37 bits per heavy atom. The lowest BCUT2D eigenvalue weighted by Crippen LogP contribution is -2.18. The lowest BCUT2D eigenvalue weighted by Gasteiger charge is -2.14. The Morgan fingerprint density at radius 3 is 2.68 bits per heavy atom. The molecule has 0 fully saturated rings. The number of hydrogen-bond acceptors (Lipinski definition) is 3. The molecule has 1 unspecified atom stereocenters. The van der Waals surface area contributed by atoms with Gasteiger partial charge in [0.05, 0.1) is 0 Å². The Morgan fingerprint density at radius 2 is 2.05 bits per heavy atom. The van der Waals surface area contributed by atoms with E-state index in [9.17, 15) is 4.79 Å². The summed E-state index contributed by atoms with van der Waals surface area (Å²) >= 11 is 4.67. The minimum absolute atomic E-state index is 0.176. The fourth-order valence-corrected chi connectivity index (χ4v) is 2.82. The van der Waals surface area contributed by atoms with Crippen LogP contribution in [0.3, 0.4) is 0 Å². The molecule has 2 aromatic rings. The van der Waals surface area contributed by atoms with Crippen LogP contribution in [0, 0.1) is 0 Å². The number of benzene rings is 1. The first kappa shape index (κ1) is 14.2. The van der Waals surface area contributed by atoms with E-state index < -0.39 is 5.97 Å². The first-order valence-corrected chi connectivity index (χ1v) is 7.53. The lowest BCUT2D eigenvalue weighted by atomic mass is 10.1. The fraction of sp³-hybridized carbons (Fsp3) is 0.214. The van der Waals surface area contributed by atoms with Gasteiger partial charge in [0, 0.05) is 17.1 Å². The van der Waals surface area contributed by atoms with Crippen molar-refractivity contribution in [2.24, 2.45) is 0 Å². The van der Waals surface area contributed by atoms with E-state index in [1.165, 1.54) is 16.9 Å². The van der Waals surface area contributed by atoms with Crippen LogP contribution in [0.15, 0.2) is 40.2 Å². The van der Waals surface area contributed by atoms with E-state index in [2.05, 4.69) is 28.2 Å². The molecular weight excluding hydrogens is 326 g/mol. The first-order valence-electron chi connectivity index (χ1n) is 5.86. The highest BCUT2D eigenvalue weighted by Gasteiger charge is 2.12. The van der Waals surface area contributed by atoms with E-state index >= 15 is 0 Å². The van der Waals surface area contributed by atoms with Crippen molar-refractivity contribution in [3.8, 4) is 0 Å². The third-order valence-electron chi connectivity index (χ3n) is 2.91. The number of halogens is 1. The summed E-state index contributed by atoms with van der Waals surface area (Å²) in [6.07, 6.45) is 0. The molecule has 1 aromatic heterocycles. The van der Waals surface area contributed by atoms with Crippen LogP contribution in [-0.2, 0) is 6.54 Å². The van der Waals surface area contributed by atoms with E-state index in [0.717, 1.165) is 10.0 Å². The molecule has 0 amide bonds. The molecule has 19 heavy (non-hydrogen) atoms. The second-order valence-electron chi connectivity index (χ2n) is 4.23. The minimum Gasteiger partial charge on any atom is -0.477 e. The normalized spacial score (nSPS) is 12.3. The molecule has 3 nitrogen and oxygen atoms in total. The Bertz CT molecular complexity index is 565. The third kappa shape index (κ3) is 3.65. The van der Waals surface area contributed by atoms with E-state index in [4.69, 9.17) is 5.11 Å². The number of hydrogen-bond donors (Lipinski definition) is 2. The summed E-state index contributed by atoms with van der Waals surface area (Å²) in [4.78, 5) is 11.4. The maximum atomic E-state index is 11.0. The van der Waals surface area contributed by atoms with Gasteiger partial charge >= 0.3 is 5.97 Å². The van der Waals surface area contributed by atoms with Gasteiger partial charge in [0.2, 0.25) is 0 Å². The van der Waals surface area contributed by atoms with Gasteiger partial charge in [-0.25, -0.2) is 4.79 Å². The smallest absolute Gasteiger partial charge is 0.346 e. The Labute approximate surface area is 124 Å². The van der Waals surface area contributed by atoms with Crippen molar-refractivity contribution < 1.29 is 9.90 Å². The van der Waals surface area contributed by atoms with Crippen molar-refractivity contribution >= 4 is 33.2 Å². The average molecular weight is 340 g/mol. The second kappa shape index (κ2) is 6.32. The second-order valence-corrected chi connectivity index (χ2v) is 6.07. The number of carbonyl (C=O) groups is 1. The first-order chi connectivity index (χ1) is 9.08. The molecular formula is C14H14BrNO2S. The summed E-state index contributed by atoms with van der Waals surface area (Å²) in [5.74, 6) is -0.858. The van der Waals surface area contributed by atoms with Crippen LogP contribution in [0.2, 0.25) is 0 Å². The van der Waals surface area contributed by atoms with Gasteiger partial charge < -0.3 is 10.4 Å². The maximum absolute atomic E-state index is 11.0. The molecule has 0 aliphatic heterocycles. The highest BCUT2D eigenvalue weighted by molar-refractivity contribution is 9.10. The number of carboxylic acid groups (broad SMARTS) is 1. The number of rotatable bonds is 5. The molecule has 5 heteroatoms. The van der Waals surface area contributed by atoms with Gasteiger partial charge in [-0.05, 0) is 41.6 Å². The molecule has 0 spiro atoms. The molecule has 2 N–H and O–H groups in total. The molecule has 1 heterocycles. The minimum atomic E-state index is -0.858. The molecule has 0 bridgehead atoms. The summed E-state index contributed by atoms with van der Waals surface area (Å²) in [7, 11) is 0. The molecule has 1 atom stereocenters. The van der Waals surface area contributed by atoms with Crippen molar-refractivity contribution in [1.29, 1.82) is 0 Å². The summed E-state index contributed by atoms with van der Waals surface area (Å²) in [6.45, 7) is 2.62. The predicted molar refractivity (Wildman–Crippen MR) is 80.7 cm³/mol. The monoisotopic (exact) mass is 339 g/mol. The van der Waals surface area contributed by atoms with Crippen molar-refractivity contribution in [3.05, 3.63) is 56.2 Å². The quantitative estimate of drug-likeness (QED) is 0.863. The number of nitrogens with one attached hydrogen (secondary N) is 1. The zero-order chi connectivity index (χ0) is 13.8. The number of thiophene rings is 1. The van der Waals surface area contributed by atoms with Crippen LogP contribution in [0.5, 0.6) is 0 Å². The van der Waals surface area contributed by atoms with Gasteiger partial charge in [-0.1, -0.05) is 28.1 Å². The molecule has 2 rings (SSSR count). The summed E-state index contributed by atoms with van der Waals surface area (Å²) < 4.78 is 1.05. The van der Waals surface area contributed by atoms with Crippen LogP contribution in [0.1, 0.15) is 33.8 Å². The van der Waals surface area contributed by atoms with E-state index in [1.54, 1.807) is 0 Å². The zero-order valence-electron chi connectivity index (χ0n) is 10.4. The number of aromatic carboxylic acids is 1. The molecule has 0 saturated carbocycles. The highest BCUT2D eigenvalue weighted by Crippen LogP contribution is 2.20. The largest absolute Gasteiger partial charge is 0.477 e. The Hall–Kier alpha value is -1.17. The zero-order valence-corrected chi connectivity index (χ0v) is 12.8. The van der Waals surface area contributed by atoms with E-state index in [1.807, 2.05) is 35.7 Å². The Balaban J connectivity index is 2.00. The van der Waals surface area contributed by atoms with Crippen molar-refractivity contribution in [2.45, 2.75) is 19.5 Å². The summed E-state index contributed by atoms with van der Waals surface area (Å²) in [5, 5.41) is 14.2. The SMILES string of the molecule is CC(NCc1ccsc1C(=O)O)c1ccc(Br)cc1. The molecule has 1 aromatic carbocycles. The van der Waals surface area contributed by atoms with Crippen LogP contribution >= 0.6 is 27.3 Å². The van der Waals surface area contributed by atoms with Crippen LogP contribution in [0.25, 0.3) is 0 Å². The third-order valence-corrected chi connectivity index (χ3v) is 4.38. The van der Waals surface area contributed by atoms with Crippen LogP contribution in [0.4, 0.5) is 0 Å². The number of carboxylic acids is 1. The van der Waals surface area contributed by atoms with Gasteiger partial charge in [0.15, 0.2) is 0 Å². The van der Waals surface area contributed by atoms with Gasteiger partial charge in [-0.15, -0.1) is 11.3 Å². The standard InChI is InChI=1S/C14H14BrNO2S/c1-9(10-2-4-12(15)5-3-10)16-8-11-6-7-19-13(11)14(17)18/h2-7,9,16H,8H2,1H3,(H,17,18). The molecule has 0 saturated heterocycles. The molecule has 0 aliphatic rings. The fourth-order valence-electron chi connectivity index (χ4n) is 1.79. The molecule has 100 valence electrons. The van der Waals surface area contributed by atoms with Crippen LogP contribution in [-0.4, -0.2) is 11.1 Å². The van der Waals surface area contributed by atoms with Crippen LogP contribution < -0.4 is 5.32 Å². The maximum Gasteiger partial charge on any atom is 0.346 e. The Kier molecular flexibility index (Phi) is 4.74. The van der Waals surface area contributed by atoms with Crippen molar-refractivity contribution in [1.82, 2.24) is 5.32 Å². The van der Waals surface area contributed by atoms with Gasteiger partial charge in [0.25, 0.3) is 0 Å². The average Bonchev–Trinajstić information content (AvgIpc) is 2.85. The van der Waals surface area contributed by atoms with Crippen molar-refractivity contribution in [2.75, 3.05) is 0 Å². The molecule has 0 aliphatic carbocycles. The lowest BCUT2D eigenvalue weighted by molar-refractivity contribution is 0.0701. The van der Waals surface area contributed by atoms with E-state index in [0.29, 0.717) is 11.4 Å².